The van der Waals surface area contributed by atoms with E-state index in [4.69, 9.17) is 9.84 Å². The smallest absolute Gasteiger partial charge is 0.304 e. The van der Waals surface area contributed by atoms with E-state index in [-0.39, 0.29) is 6.42 Å². The average molecular weight is 315 g/mol. The summed E-state index contributed by atoms with van der Waals surface area (Å²) in [7, 11) is 1.63. The number of methoxy groups -OCH3 is 1. The fraction of sp³-hybridized carbons (Fsp3) is 0.500. The second kappa shape index (κ2) is 5.74. The molecule has 1 aromatic rings. The van der Waals surface area contributed by atoms with Crippen molar-refractivity contribution in [3.8, 4) is 5.75 Å². The number of hydrogen-bond acceptors (Lipinski definition) is 2. The van der Waals surface area contributed by atoms with E-state index in [1.807, 2.05) is 26.0 Å². The summed E-state index contributed by atoms with van der Waals surface area (Å²) in [6.45, 7) is 5.91. The minimum absolute atomic E-state index is 0.0913. The third-order valence-corrected chi connectivity index (χ3v) is 3.81. The Balaban J connectivity index is 3.26. The second-order valence-electron chi connectivity index (χ2n) is 4.95. The zero-order valence-corrected chi connectivity index (χ0v) is 12.8. The zero-order chi connectivity index (χ0) is 13.9. The van der Waals surface area contributed by atoms with Crippen LogP contribution in [0.25, 0.3) is 0 Å². The van der Waals surface area contributed by atoms with E-state index in [0.29, 0.717) is 0 Å². The minimum Gasteiger partial charge on any atom is -0.496 e. The molecule has 1 N–H and O–H groups in total. The van der Waals surface area contributed by atoms with Gasteiger partial charge >= 0.3 is 5.97 Å². The van der Waals surface area contributed by atoms with Crippen LogP contribution in [-0.4, -0.2) is 18.2 Å². The molecule has 0 heterocycles. The van der Waals surface area contributed by atoms with Crippen molar-refractivity contribution in [3.63, 3.8) is 0 Å². The van der Waals surface area contributed by atoms with Crippen molar-refractivity contribution in [1.82, 2.24) is 0 Å². The Kier molecular flexibility index (Phi) is 4.79. The number of hydrogen-bond donors (Lipinski definition) is 1. The van der Waals surface area contributed by atoms with Crippen LogP contribution in [0.15, 0.2) is 16.6 Å². The summed E-state index contributed by atoms with van der Waals surface area (Å²) < 4.78 is 6.35. The number of carboxylic acids is 1. The van der Waals surface area contributed by atoms with Crippen molar-refractivity contribution in [2.24, 2.45) is 0 Å². The molecule has 1 aromatic carbocycles. The summed E-state index contributed by atoms with van der Waals surface area (Å²) in [5.41, 5.74) is 1.65. The van der Waals surface area contributed by atoms with E-state index in [1.54, 1.807) is 7.11 Å². The first-order valence-electron chi connectivity index (χ1n) is 5.90. The van der Waals surface area contributed by atoms with Crippen LogP contribution in [-0.2, 0) is 16.6 Å². The SMILES string of the molecule is CCc1c(Br)cc(C(C)(C)CC(=O)O)cc1OC. The molecule has 0 amide bonds. The molecule has 0 radical (unpaired) electrons. The highest BCUT2D eigenvalue weighted by atomic mass is 79.9. The predicted octanol–water partition coefficient (Wildman–Crippen LogP) is 3.77. The Bertz CT molecular complexity index is 453. The Morgan fingerprint density at radius 2 is 2.06 bits per heavy atom. The summed E-state index contributed by atoms with van der Waals surface area (Å²) in [6.07, 6.45) is 0.956. The number of rotatable bonds is 5. The van der Waals surface area contributed by atoms with Gasteiger partial charge in [-0.2, -0.15) is 0 Å². The summed E-state index contributed by atoms with van der Waals surface area (Å²) in [5.74, 6) is 0.00926. The van der Waals surface area contributed by atoms with Crippen LogP contribution in [0.4, 0.5) is 0 Å². The normalized spacial score (nSPS) is 11.4. The summed E-state index contributed by atoms with van der Waals surface area (Å²) in [5, 5.41) is 8.96. The second-order valence-corrected chi connectivity index (χ2v) is 5.80. The maximum absolute atomic E-state index is 10.9. The van der Waals surface area contributed by atoms with Gasteiger partial charge in [-0.1, -0.05) is 36.7 Å². The molecule has 0 unspecified atom stereocenters. The molecule has 0 aliphatic rings. The van der Waals surface area contributed by atoms with Gasteiger partial charge < -0.3 is 9.84 Å². The van der Waals surface area contributed by atoms with Gasteiger partial charge in [0.05, 0.1) is 13.5 Å². The first kappa shape index (κ1) is 15.0. The Labute approximate surface area is 116 Å². The van der Waals surface area contributed by atoms with Crippen molar-refractivity contribution in [2.45, 2.75) is 39.0 Å². The Morgan fingerprint density at radius 3 is 2.50 bits per heavy atom. The average Bonchev–Trinajstić information content (AvgIpc) is 2.26. The van der Waals surface area contributed by atoms with Gasteiger partial charge in [0.15, 0.2) is 0 Å². The van der Waals surface area contributed by atoms with E-state index < -0.39 is 11.4 Å². The van der Waals surface area contributed by atoms with Gasteiger partial charge in [-0.15, -0.1) is 0 Å². The van der Waals surface area contributed by atoms with Crippen molar-refractivity contribution in [1.29, 1.82) is 0 Å². The monoisotopic (exact) mass is 314 g/mol. The molecule has 1 rings (SSSR count). The van der Waals surface area contributed by atoms with E-state index >= 15 is 0 Å². The topological polar surface area (TPSA) is 46.5 Å². The number of carboxylic acid groups (broad SMARTS) is 1. The highest BCUT2D eigenvalue weighted by Crippen LogP contribution is 2.36. The highest BCUT2D eigenvalue weighted by molar-refractivity contribution is 9.10. The molecular weight excluding hydrogens is 296 g/mol. The fourth-order valence-corrected chi connectivity index (χ4v) is 2.73. The van der Waals surface area contributed by atoms with Gasteiger partial charge in [-0.25, -0.2) is 0 Å². The molecular formula is C14H19BrO3. The van der Waals surface area contributed by atoms with Crippen molar-refractivity contribution >= 4 is 21.9 Å². The zero-order valence-electron chi connectivity index (χ0n) is 11.2. The van der Waals surface area contributed by atoms with Crippen LogP contribution in [0, 0.1) is 0 Å². The van der Waals surface area contributed by atoms with E-state index in [9.17, 15) is 4.79 Å². The Morgan fingerprint density at radius 1 is 1.44 bits per heavy atom. The van der Waals surface area contributed by atoms with Crippen molar-refractivity contribution in [3.05, 3.63) is 27.7 Å². The number of ether oxygens (including phenoxy) is 1. The van der Waals surface area contributed by atoms with E-state index in [2.05, 4.69) is 22.9 Å². The van der Waals surface area contributed by atoms with Crippen molar-refractivity contribution < 1.29 is 14.6 Å². The maximum Gasteiger partial charge on any atom is 0.304 e. The van der Waals surface area contributed by atoms with E-state index in [1.165, 1.54) is 0 Å². The lowest BCUT2D eigenvalue weighted by Crippen LogP contribution is -2.22. The molecule has 18 heavy (non-hydrogen) atoms. The van der Waals surface area contributed by atoms with Crippen LogP contribution >= 0.6 is 15.9 Å². The quantitative estimate of drug-likeness (QED) is 0.899. The maximum atomic E-state index is 10.9. The molecule has 0 saturated heterocycles. The third kappa shape index (κ3) is 3.25. The molecule has 4 heteroatoms. The number of benzene rings is 1. The molecule has 0 spiro atoms. The van der Waals surface area contributed by atoms with Gasteiger partial charge in [0.1, 0.15) is 5.75 Å². The number of halogens is 1. The lowest BCUT2D eigenvalue weighted by Gasteiger charge is -2.25. The molecule has 3 nitrogen and oxygen atoms in total. The first-order valence-corrected chi connectivity index (χ1v) is 6.69. The van der Waals surface area contributed by atoms with Gasteiger partial charge in [-0.3, -0.25) is 4.79 Å². The van der Waals surface area contributed by atoms with Crippen LogP contribution in [0.2, 0.25) is 0 Å². The van der Waals surface area contributed by atoms with Gasteiger partial charge in [-0.05, 0) is 24.1 Å². The van der Waals surface area contributed by atoms with Crippen LogP contribution in [0.1, 0.15) is 38.3 Å². The van der Waals surface area contributed by atoms with Crippen LogP contribution in [0.3, 0.4) is 0 Å². The van der Waals surface area contributed by atoms with Gasteiger partial charge in [0.25, 0.3) is 0 Å². The fourth-order valence-electron chi connectivity index (χ4n) is 2.01. The predicted molar refractivity (Wildman–Crippen MR) is 75.4 cm³/mol. The van der Waals surface area contributed by atoms with E-state index in [0.717, 1.165) is 27.8 Å². The largest absolute Gasteiger partial charge is 0.496 e. The first-order chi connectivity index (χ1) is 8.31. The van der Waals surface area contributed by atoms with Crippen LogP contribution < -0.4 is 4.74 Å². The van der Waals surface area contributed by atoms with Crippen molar-refractivity contribution in [2.75, 3.05) is 7.11 Å². The molecule has 0 atom stereocenters. The number of carbonyl (C=O) groups is 1. The standard InChI is InChI=1S/C14H19BrO3/c1-5-10-11(15)6-9(7-12(10)18-4)14(2,3)8-13(16)17/h6-7H,5,8H2,1-4H3,(H,16,17). The Hall–Kier alpha value is -1.03. The summed E-state index contributed by atoms with van der Waals surface area (Å²) in [4.78, 5) is 10.9. The highest BCUT2D eigenvalue weighted by Gasteiger charge is 2.26. The molecule has 0 aromatic heterocycles. The lowest BCUT2D eigenvalue weighted by molar-refractivity contribution is -0.138. The number of aliphatic carboxylic acids is 1. The molecule has 0 aliphatic carbocycles. The molecule has 0 saturated carbocycles. The minimum atomic E-state index is -0.797. The summed E-state index contributed by atoms with van der Waals surface area (Å²) >= 11 is 3.53. The lowest BCUT2D eigenvalue weighted by atomic mass is 9.81. The van der Waals surface area contributed by atoms with Gasteiger partial charge in [0.2, 0.25) is 0 Å². The molecule has 0 bridgehead atoms. The molecule has 0 aliphatic heterocycles. The van der Waals surface area contributed by atoms with Crippen LogP contribution in [0.5, 0.6) is 5.75 Å². The summed E-state index contributed by atoms with van der Waals surface area (Å²) in [6, 6.07) is 3.93. The third-order valence-electron chi connectivity index (χ3n) is 3.10. The van der Waals surface area contributed by atoms with Gasteiger partial charge in [0, 0.05) is 15.5 Å². The molecule has 100 valence electrons. The molecule has 0 fully saturated rings.